The molecule has 0 radical (unpaired) electrons. The van der Waals surface area contributed by atoms with Gasteiger partial charge >= 0.3 is 0 Å². The van der Waals surface area contributed by atoms with Gasteiger partial charge in [-0.25, -0.2) is 0 Å². The first kappa shape index (κ1) is 11.9. The fourth-order valence-electron chi connectivity index (χ4n) is 0.852. The van der Waals surface area contributed by atoms with E-state index in [0.29, 0.717) is 6.54 Å². The molecule has 0 spiro atoms. The summed E-state index contributed by atoms with van der Waals surface area (Å²) in [5.74, 6) is 0. The van der Waals surface area contributed by atoms with Gasteiger partial charge < -0.3 is 15.2 Å². The van der Waals surface area contributed by atoms with Crippen LogP contribution in [0.15, 0.2) is 0 Å². The number of unbranched alkanes of at least 4 members (excludes halogenated alkanes) is 1. The van der Waals surface area contributed by atoms with Crippen molar-refractivity contribution in [3.63, 3.8) is 0 Å². The van der Waals surface area contributed by atoms with Crippen LogP contribution in [0, 0.1) is 0 Å². The van der Waals surface area contributed by atoms with Crippen molar-refractivity contribution < 1.29 is 9.84 Å². The second-order valence-electron chi connectivity index (χ2n) is 2.79. The van der Waals surface area contributed by atoms with Crippen molar-refractivity contribution in [1.82, 2.24) is 5.32 Å². The number of hydrogen-bond acceptors (Lipinski definition) is 3. The Balaban J connectivity index is 2.73. The highest BCUT2D eigenvalue weighted by Crippen LogP contribution is 1.88. The Kier molecular flexibility index (Phi) is 10.8. The van der Waals surface area contributed by atoms with Crippen LogP contribution in [-0.2, 0) is 4.74 Å². The molecule has 74 valence electrons. The molecule has 0 unspecified atom stereocenters. The Morgan fingerprint density at radius 3 is 2.58 bits per heavy atom. The van der Waals surface area contributed by atoms with Gasteiger partial charge in [0.05, 0.1) is 6.61 Å². The lowest BCUT2D eigenvalue weighted by atomic mass is 10.4. The zero-order valence-corrected chi connectivity index (χ0v) is 8.01. The quantitative estimate of drug-likeness (QED) is 0.509. The van der Waals surface area contributed by atoms with E-state index in [9.17, 15) is 0 Å². The minimum absolute atomic E-state index is 0.219. The standard InChI is InChI=1S/C9H21NO2/c1-2-3-8-12-9-4-5-10-6-7-11/h10-11H,2-9H2,1H3. The molecule has 0 saturated heterocycles. The monoisotopic (exact) mass is 175 g/mol. The second-order valence-corrected chi connectivity index (χ2v) is 2.79. The summed E-state index contributed by atoms with van der Waals surface area (Å²) in [4.78, 5) is 0. The summed E-state index contributed by atoms with van der Waals surface area (Å²) < 4.78 is 5.35. The number of rotatable bonds is 9. The average molecular weight is 175 g/mol. The second kappa shape index (κ2) is 10.9. The van der Waals surface area contributed by atoms with Gasteiger partial charge in [-0.1, -0.05) is 13.3 Å². The molecule has 3 heteroatoms. The molecule has 0 amide bonds. The van der Waals surface area contributed by atoms with E-state index in [0.717, 1.165) is 32.6 Å². The highest BCUT2D eigenvalue weighted by atomic mass is 16.5. The SMILES string of the molecule is CCCCOCCCNCCO. The molecule has 0 aromatic heterocycles. The minimum atomic E-state index is 0.219. The van der Waals surface area contributed by atoms with E-state index >= 15 is 0 Å². The molecule has 0 bridgehead atoms. The molecule has 0 heterocycles. The Hall–Kier alpha value is -0.120. The molecule has 2 N–H and O–H groups in total. The van der Waals surface area contributed by atoms with Crippen LogP contribution in [-0.4, -0.2) is 38.0 Å². The minimum Gasteiger partial charge on any atom is -0.395 e. The van der Waals surface area contributed by atoms with Crippen molar-refractivity contribution in [2.45, 2.75) is 26.2 Å². The van der Waals surface area contributed by atoms with Crippen molar-refractivity contribution in [1.29, 1.82) is 0 Å². The van der Waals surface area contributed by atoms with Crippen molar-refractivity contribution >= 4 is 0 Å². The zero-order chi connectivity index (χ0) is 9.07. The molecule has 3 nitrogen and oxygen atoms in total. The lowest BCUT2D eigenvalue weighted by Crippen LogP contribution is -2.20. The van der Waals surface area contributed by atoms with E-state index in [1.54, 1.807) is 0 Å². The number of nitrogens with one attached hydrogen (secondary N) is 1. The van der Waals surface area contributed by atoms with Gasteiger partial charge in [0, 0.05) is 19.8 Å². The summed E-state index contributed by atoms with van der Waals surface area (Å²) in [7, 11) is 0. The van der Waals surface area contributed by atoms with Crippen LogP contribution < -0.4 is 5.32 Å². The van der Waals surface area contributed by atoms with Gasteiger partial charge in [-0.15, -0.1) is 0 Å². The Morgan fingerprint density at radius 1 is 1.17 bits per heavy atom. The molecular formula is C9H21NO2. The Labute approximate surface area is 75.1 Å². The molecule has 0 saturated carbocycles. The average Bonchev–Trinajstić information content (AvgIpc) is 2.10. The lowest BCUT2D eigenvalue weighted by Gasteiger charge is -2.03. The van der Waals surface area contributed by atoms with E-state index in [1.807, 2.05) is 0 Å². The molecule has 0 aliphatic rings. The molecule has 0 atom stereocenters. The topological polar surface area (TPSA) is 41.5 Å². The highest BCUT2D eigenvalue weighted by Gasteiger charge is 1.88. The number of ether oxygens (including phenoxy) is 1. The van der Waals surface area contributed by atoms with Crippen molar-refractivity contribution in [3.05, 3.63) is 0 Å². The van der Waals surface area contributed by atoms with Crippen molar-refractivity contribution in [2.75, 3.05) is 32.9 Å². The van der Waals surface area contributed by atoms with Crippen LogP contribution in [0.4, 0.5) is 0 Å². The summed E-state index contributed by atoms with van der Waals surface area (Å²) in [5, 5.41) is 11.5. The van der Waals surface area contributed by atoms with Gasteiger partial charge in [0.25, 0.3) is 0 Å². The summed E-state index contributed by atoms with van der Waals surface area (Å²) in [5.41, 5.74) is 0. The third-order valence-corrected chi connectivity index (χ3v) is 1.57. The molecule has 12 heavy (non-hydrogen) atoms. The molecule has 0 aromatic carbocycles. The third-order valence-electron chi connectivity index (χ3n) is 1.57. The van der Waals surface area contributed by atoms with Gasteiger partial charge in [-0.3, -0.25) is 0 Å². The maximum Gasteiger partial charge on any atom is 0.0555 e. The van der Waals surface area contributed by atoms with Gasteiger partial charge in [0.2, 0.25) is 0 Å². The molecule has 0 rings (SSSR count). The fraction of sp³-hybridized carbons (Fsp3) is 1.00. The normalized spacial score (nSPS) is 10.5. The molecular weight excluding hydrogens is 154 g/mol. The summed E-state index contributed by atoms with van der Waals surface area (Å²) >= 11 is 0. The largest absolute Gasteiger partial charge is 0.395 e. The van der Waals surface area contributed by atoms with Crippen LogP contribution in [0.5, 0.6) is 0 Å². The number of aliphatic hydroxyl groups excluding tert-OH is 1. The lowest BCUT2D eigenvalue weighted by molar-refractivity contribution is 0.128. The first-order valence-electron chi connectivity index (χ1n) is 4.81. The first-order chi connectivity index (χ1) is 5.91. The zero-order valence-electron chi connectivity index (χ0n) is 8.01. The van der Waals surface area contributed by atoms with E-state index < -0.39 is 0 Å². The first-order valence-corrected chi connectivity index (χ1v) is 4.81. The number of aliphatic hydroxyl groups is 1. The predicted octanol–water partition coefficient (Wildman–Crippen LogP) is 0.775. The summed E-state index contributed by atoms with van der Waals surface area (Å²) in [6.45, 7) is 5.72. The molecule has 0 aliphatic heterocycles. The van der Waals surface area contributed by atoms with Crippen LogP contribution in [0.25, 0.3) is 0 Å². The Morgan fingerprint density at radius 2 is 1.92 bits per heavy atom. The smallest absolute Gasteiger partial charge is 0.0555 e. The van der Waals surface area contributed by atoms with Gasteiger partial charge in [-0.05, 0) is 19.4 Å². The predicted molar refractivity (Wildman–Crippen MR) is 50.3 cm³/mol. The molecule has 0 aliphatic carbocycles. The van der Waals surface area contributed by atoms with Crippen molar-refractivity contribution in [2.24, 2.45) is 0 Å². The van der Waals surface area contributed by atoms with E-state index in [2.05, 4.69) is 12.2 Å². The maximum atomic E-state index is 8.45. The van der Waals surface area contributed by atoms with E-state index in [-0.39, 0.29) is 6.61 Å². The number of hydrogen-bond donors (Lipinski definition) is 2. The molecule has 0 aromatic rings. The maximum absolute atomic E-state index is 8.45. The van der Waals surface area contributed by atoms with Crippen LogP contribution in [0.2, 0.25) is 0 Å². The van der Waals surface area contributed by atoms with Gasteiger partial charge in [0.15, 0.2) is 0 Å². The highest BCUT2D eigenvalue weighted by molar-refractivity contribution is 4.45. The fourth-order valence-corrected chi connectivity index (χ4v) is 0.852. The van der Waals surface area contributed by atoms with Gasteiger partial charge in [-0.2, -0.15) is 0 Å². The molecule has 0 fully saturated rings. The van der Waals surface area contributed by atoms with Crippen molar-refractivity contribution in [3.8, 4) is 0 Å². The van der Waals surface area contributed by atoms with Crippen LogP contribution >= 0.6 is 0 Å². The summed E-state index contributed by atoms with van der Waals surface area (Å²) in [6, 6.07) is 0. The summed E-state index contributed by atoms with van der Waals surface area (Å²) in [6.07, 6.45) is 3.39. The van der Waals surface area contributed by atoms with Gasteiger partial charge in [0.1, 0.15) is 0 Å². The van der Waals surface area contributed by atoms with E-state index in [1.165, 1.54) is 6.42 Å². The van der Waals surface area contributed by atoms with E-state index in [4.69, 9.17) is 9.84 Å². The Bertz CT molecular complexity index is 68.9. The van der Waals surface area contributed by atoms with Crippen LogP contribution in [0.1, 0.15) is 26.2 Å². The van der Waals surface area contributed by atoms with Crippen LogP contribution in [0.3, 0.4) is 0 Å². The third kappa shape index (κ3) is 9.88.